The van der Waals surface area contributed by atoms with Crippen molar-refractivity contribution in [1.29, 1.82) is 0 Å². The van der Waals surface area contributed by atoms with E-state index >= 15 is 0 Å². The molecule has 0 fully saturated rings. The highest BCUT2D eigenvalue weighted by Crippen LogP contribution is 2.34. The maximum atomic E-state index is 4.52. The van der Waals surface area contributed by atoms with E-state index in [4.69, 9.17) is 0 Å². The highest BCUT2D eigenvalue weighted by molar-refractivity contribution is 6.09. The summed E-state index contributed by atoms with van der Waals surface area (Å²) in [4.78, 5) is 4.52. The highest BCUT2D eigenvalue weighted by Gasteiger charge is 2.13. The molecule has 30 heavy (non-hydrogen) atoms. The predicted octanol–water partition coefficient (Wildman–Crippen LogP) is 6.03. The molecule has 0 amide bonds. The molecule has 6 aromatic rings. The van der Waals surface area contributed by atoms with Crippen LogP contribution in [0.5, 0.6) is 0 Å². The average Bonchev–Trinajstić information content (AvgIpc) is 3.46. The Morgan fingerprint density at radius 2 is 1.50 bits per heavy atom. The molecule has 0 spiro atoms. The van der Waals surface area contributed by atoms with Gasteiger partial charge in [0.25, 0.3) is 0 Å². The molecule has 0 aliphatic rings. The van der Waals surface area contributed by atoms with E-state index < -0.39 is 0 Å². The fourth-order valence-electron chi connectivity index (χ4n) is 4.14. The lowest BCUT2D eigenvalue weighted by molar-refractivity contribution is 0.881. The molecule has 4 heteroatoms. The molecule has 0 saturated carbocycles. The molecule has 6 rings (SSSR count). The molecule has 0 saturated heterocycles. The number of para-hydroxylation sites is 1. The Morgan fingerprint density at radius 3 is 2.37 bits per heavy atom. The zero-order valence-corrected chi connectivity index (χ0v) is 16.2. The van der Waals surface area contributed by atoms with Crippen molar-refractivity contribution in [2.24, 2.45) is 0 Å². The third-order valence-electron chi connectivity index (χ3n) is 5.49. The molecule has 3 aromatic carbocycles. The maximum absolute atomic E-state index is 4.52. The number of aromatic nitrogens is 4. The van der Waals surface area contributed by atoms with Gasteiger partial charge in [-0.1, -0.05) is 42.5 Å². The van der Waals surface area contributed by atoms with Gasteiger partial charge in [0.2, 0.25) is 0 Å². The molecular formula is C26H18N4. The van der Waals surface area contributed by atoms with Gasteiger partial charge in [0.15, 0.2) is 0 Å². The third kappa shape index (κ3) is 2.62. The molecule has 0 aliphatic carbocycles. The van der Waals surface area contributed by atoms with Crippen molar-refractivity contribution in [1.82, 2.24) is 19.3 Å². The maximum Gasteiger partial charge on any atom is 0.0702 e. The summed E-state index contributed by atoms with van der Waals surface area (Å²) in [6, 6.07) is 31.6. The second kappa shape index (κ2) is 6.71. The normalized spacial score (nSPS) is 11.3. The Balaban J connectivity index is 1.64. The van der Waals surface area contributed by atoms with Crippen molar-refractivity contribution in [2.45, 2.75) is 0 Å². The zero-order chi connectivity index (χ0) is 19.9. The largest absolute Gasteiger partial charge is 0.309 e. The first-order chi connectivity index (χ1) is 14.9. The lowest BCUT2D eigenvalue weighted by Gasteiger charge is -2.11. The fraction of sp³-hybridized carbons (Fsp3) is 0. The van der Waals surface area contributed by atoms with Gasteiger partial charge >= 0.3 is 0 Å². The first kappa shape index (κ1) is 16.7. The summed E-state index contributed by atoms with van der Waals surface area (Å²) in [5, 5.41) is 6.87. The van der Waals surface area contributed by atoms with Gasteiger partial charge in [0.1, 0.15) is 0 Å². The Morgan fingerprint density at radius 1 is 0.600 bits per heavy atom. The second-order valence-corrected chi connectivity index (χ2v) is 7.27. The first-order valence-electron chi connectivity index (χ1n) is 9.93. The summed E-state index contributed by atoms with van der Waals surface area (Å²) >= 11 is 0. The molecule has 0 N–H and O–H groups in total. The lowest BCUT2D eigenvalue weighted by Crippen LogP contribution is -1.97. The van der Waals surface area contributed by atoms with Crippen molar-refractivity contribution in [2.75, 3.05) is 0 Å². The molecule has 0 atom stereocenters. The topological polar surface area (TPSA) is 35.6 Å². The van der Waals surface area contributed by atoms with Gasteiger partial charge in [0, 0.05) is 40.6 Å². The molecule has 0 unspecified atom stereocenters. The van der Waals surface area contributed by atoms with Gasteiger partial charge in [-0.05, 0) is 48.5 Å². The van der Waals surface area contributed by atoms with E-state index in [1.165, 1.54) is 16.3 Å². The van der Waals surface area contributed by atoms with Crippen LogP contribution in [0.1, 0.15) is 0 Å². The van der Waals surface area contributed by atoms with Crippen LogP contribution >= 0.6 is 0 Å². The smallest absolute Gasteiger partial charge is 0.0702 e. The SMILES string of the molecule is c1ccc(-c2cccc(-n3c4ccccc4c4ccc(-n5cccn5)cc43)c2)nc1. The standard InChI is InChI=1S/C26H18N4/c1-2-11-25-22(9-1)23-13-12-20(29-16-6-15-28-29)18-26(23)30(25)21-8-5-7-19(17-21)24-10-3-4-14-27-24/h1-18H. The Bertz CT molecular complexity index is 1480. The van der Waals surface area contributed by atoms with Crippen molar-refractivity contribution < 1.29 is 0 Å². The monoisotopic (exact) mass is 386 g/mol. The number of hydrogen-bond donors (Lipinski definition) is 0. The molecule has 4 nitrogen and oxygen atoms in total. The average molecular weight is 386 g/mol. The van der Waals surface area contributed by atoms with E-state index in [1.807, 2.05) is 41.3 Å². The summed E-state index contributed by atoms with van der Waals surface area (Å²) in [5.41, 5.74) is 6.56. The summed E-state index contributed by atoms with van der Waals surface area (Å²) in [6.07, 6.45) is 5.60. The Kier molecular flexibility index (Phi) is 3.74. The van der Waals surface area contributed by atoms with Crippen molar-refractivity contribution in [3.05, 3.63) is 110 Å². The van der Waals surface area contributed by atoms with Crippen LogP contribution in [-0.2, 0) is 0 Å². The van der Waals surface area contributed by atoms with Crippen LogP contribution < -0.4 is 0 Å². The van der Waals surface area contributed by atoms with Crippen LogP contribution in [0.4, 0.5) is 0 Å². The quantitative estimate of drug-likeness (QED) is 0.372. The van der Waals surface area contributed by atoms with E-state index in [0.29, 0.717) is 0 Å². The van der Waals surface area contributed by atoms with Gasteiger partial charge in [-0.2, -0.15) is 5.10 Å². The first-order valence-corrected chi connectivity index (χ1v) is 9.93. The molecule has 3 heterocycles. The number of nitrogens with zero attached hydrogens (tertiary/aromatic N) is 4. The minimum Gasteiger partial charge on any atom is -0.309 e. The van der Waals surface area contributed by atoms with Crippen LogP contribution in [0.2, 0.25) is 0 Å². The van der Waals surface area contributed by atoms with Crippen molar-refractivity contribution >= 4 is 21.8 Å². The van der Waals surface area contributed by atoms with Crippen molar-refractivity contribution in [3.8, 4) is 22.6 Å². The van der Waals surface area contributed by atoms with E-state index in [9.17, 15) is 0 Å². The molecule has 0 radical (unpaired) electrons. The van der Waals surface area contributed by atoms with Crippen LogP contribution in [0.3, 0.4) is 0 Å². The number of benzene rings is 3. The van der Waals surface area contributed by atoms with Crippen LogP contribution in [0.25, 0.3) is 44.4 Å². The van der Waals surface area contributed by atoms with Crippen LogP contribution in [0.15, 0.2) is 110 Å². The Labute approximate surface area is 173 Å². The Hall–Kier alpha value is -4.18. The number of rotatable bonds is 3. The van der Waals surface area contributed by atoms with Crippen molar-refractivity contribution in [3.63, 3.8) is 0 Å². The van der Waals surface area contributed by atoms with E-state index in [1.54, 1.807) is 6.20 Å². The van der Waals surface area contributed by atoms with E-state index in [2.05, 4.69) is 81.4 Å². The zero-order valence-electron chi connectivity index (χ0n) is 16.2. The number of hydrogen-bond acceptors (Lipinski definition) is 2. The third-order valence-corrected chi connectivity index (χ3v) is 5.49. The molecular weight excluding hydrogens is 368 g/mol. The fourth-order valence-corrected chi connectivity index (χ4v) is 4.14. The van der Waals surface area contributed by atoms with Gasteiger partial charge in [-0.3, -0.25) is 4.98 Å². The summed E-state index contributed by atoms with van der Waals surface area (Å²) < 4.78 is 4.22. The lowest BCUT2D eigenvalue weighted by atomic mass is 10.1. The predicted molar refractivity (Wildman–Crippen MR) is 121 cm³/mol. The highest BCUT2D eigenvalue weighted by atomic mass is 15.3. The number of fused-ring (bicyclic) bond motifs is 3. The van der Waals surface area contributed by atoms with Gasteiger partial charge in [0.05, 0.1) is 22.4 Å². The van der Waals surface area contributed by atoms with E-state index in [0.717, 1.165) is 28.1 Å². The minimum absolute atomic E-state index is 0.970. The molecule has 3 aromatic heterocycles. The van der Waals surface area contributed by atoms with Gasteiger partial charge in [-0.25, -0.2) is 4.68 Å². The summed E-state index contributed by atoms with van der Waals surface area (Å²) in [7, 11) is 0. The summed E-state index contributed by atoms with van der Waals surface area (Å²) in [6.45, 7) is 0. The van der Waals surface area contributed by atoms with E-state index in [-0.39, 0.29) is 0 Å². The molecule has 142 valence electrons. The van der Waals surface area contributed by atoms with Gasteiger partial charge in [-0.15, -0.1) is 0 Å². The minimum atomic E-state index is 0.970. The molecule has 0 aliphatic heterocycles. The summed E-state index contributed by atoms with van der Waals surface area (Å²) in [5.74, 6) is 0. The second-order valence-electron chi connectivity index (χ2n) is 7.27. The number of pyridine rings is 1. The van der Waals surface area contributed by atoms with Crippen LogP contribution in [-0.4, -0.2) is 19.3 Å². The molecule has 0 bridgehead atoms. The van der Waals surface area contributed by atoms with Crippen LogP contribution in [0, 0.1) is 0 Å². The van der Waals surface area contributed by atoms with Gasteiger partial charge < -0.3 is 4.57 Å².